The van der Waals surface area contributed by atoms with Gasteiger partial charge in [0.25, 0.3) is 0 Å². The highest BCUT2D eigenvalue weighted by atomic mass is 35.5. The molecule has 0 bridgehead atoms. The second-order valence-electron chi connectivity index (χ2n) is 6.65. The molecule has 0 aromatic carbocycles. The molecular formula is C14H19ClF6N4O2S. The van der Waals surface area contributed by atoms with E-state index in [-0.39, 0.29) is 35.1 Å². The first-order valence-electron chi connectivity index (χ1n) is 8.21. The van der Waals surface area contributed by atoms with Gasteiger partial charge >= 0.3 is 12.4 Å². The molecule has 0 radical (unpaired) electrons. The molecule has 2 heterocycles. The summed E-state index contributed by atoms with van der Waals surface area (Å²) in [6.07, 6.45) is -10.9. The number of aromatic nitrogens is 2. The van der Waals surface area contributed by atoms with Crippen molar-refractivity contribution in [2.75, 3.05) is 19.6 Å². The third-order valence-corrected chi connectivity index (χ3v) is 6.68. The zero-order chi connectivity index (χ0) is 21.5. The van der Waals surface area contributed by atoms with Crippen molar-refractivity contribution in [2.24, 2.45) is 13.0 Å². The van der Waals surface area contributed by atoms with E-state index >= 15 is 0 Å². The number of alkyl halides is 6. The molecular weight excluding hydrogens is 438 g/mol. The minimum Gasteiger partial charge on any atom is -0.285 e. The molecule has 1 aromatic heterocycles. The van der Waals surface area contributed by atoms with Crippen molar-refractivity contribution in [1.29, 1.82) is 0 Å². The van der Waals surface area contributed by atoms with Gasteiger partial charge in [-0.2, -0.15) is 31.4 Å². The number of piperidine rings is 1. The number of nitrogens with one attached hydrogen (secondary N) is 1. The molecule has 0 atom stereocenters. The van der Waals surface area contributed by atoms with Gasteiger partial charge in [-0.15, -0.1) is 0 Å². The number of rotatable bonds is 5. The summed E-state index contributed by atoms with van der Waals surface area (Å²) in [5, 5.41) is 3.79. The van der Waals surface area contributed by atoms with Crippen molar-refractivity contribution in [3.63, 3.8) is 0 Å². The first-order chi connectivity index (χ1) is 12.6. The fourth-order valence-corrected chi connectivity index (χ4v) is 5.09. The zero-order valence-corrected chi connectivity index (χ0v) is 16.5. The molecule has 1 fully saturated rings. The lowest BCUT2D eigenvalue weighted by molar-refractivity contribution is -0.289. The van der Waals surface area contributed by atoms with Gasteiger partial charge in [0.1, 0.15) is 10.0 Å². The van der Waals surface area contributed by atoms with Gasteiger partial charge < -0.3 is 0 Å². The van der Waals surface area contributed by atoms with E-state index < -0.39 is 47.4 Å². The molecule has 1 aliphatic heterocycles. The first kappa shape index (κ1) is 23.2. The number of hydrogen-bond donors (Lipinski definition) is 1. The molecule has 1 saturated heterocycles. The number of hydrogen-bond acceptors (Lipinski definition) is 4. The van der Waals surface area contributed by atoms with Crippen LogP contribution in [-0.4, -0.2) is 61.1 Å². The van der Waals surface area contributed by atoms with Crippen molar-refractivity contribution >= 4 is 21.6 Å². The maximum atomic E-state index is 12.8. The fourth-order valence-electron chi connectivity index (χ4n) is 3.23. The second-order valence-corrected chi connectivity index (χ2v) is 8.71. The number of sulfonamides is 1. The molecule has 14 heteroatoms. The molecule has 0 unspecified atom stereocenters. The van der Waals surface area contributed by atoms with Gasteiger partial charge in [-0.1, -0.05) is 11.6 Å². The number of halogens is 7. The highest BCUT2D eigenvalue weighted by molar-refractivity contribution is 7.89. The lowest BCUT2D eigenvalue weighted by Crippen LogP contribution is -2.57. The Balaban J connectivity index is 1.99. The smallest absolute Gasteiger partial charge is 0.285 e. The summed E-state index contributed by atoms with van der Waals surface area (Å²) < 4.78 is 105. The normalized spacial score (nSPS) is 18.2. The van der Waals surface area contributed by atoms with Crippen LogP contribution in [0.5, 0.6) is 0 Å². The monoisotopic (exact) mass is 456 g/mol. The maximum Gasteiger partial charge on any atom is 0.412 e. The highest BCUT2D eigenvalue weighted by Gasteiger charge is 2.59. The van der Waals surface area contributed by atoms with Crippen LogP contribution in [0.3, 0.4) is 0 Å². The molecule has 1 N–H and O–H groups in total. The summed E-state index contributed by atoms with van der Waals surface area (Å²) in [7, 11) is -2.56. The maximum absolute atomic E-state index is 12.8. The molecule has 0 aliphatic carbocycles. The fraction of sp³-hybridized carbons (Fsp3) is 0.786. The quantitative estimate of drug-likeness (QED) is 0.692. The lowest BCUT2D eigenvalue weighted by atomic mass is 9.96. The van der Waals surface area contributed by atoms with Crippen LogP contribution in [0, 0.1) is 12.8 Å². The molecule has 0 spiro atoms. The van der Waals surface area contributed by atoms with Gasteiger partial charge in [-0.25, -0.2) is 13.1 Å². The van der Waals surface area contributed by atoms with Crippen molar-refractivity contribution in [1.82, 2.24) is 19.4 Å². The Morgan fingerprint density at radius 1 is 1.18 bits per heavy atom. The molecule has 28 heavy (non-hydrogen) atoms. The SMILES string of the molecule is Cc1nn(C)c(Cl)c1S(=O)(=O)NCC1CCN(C(C(F)(F)F)C(F)(F)F)CC1. The Morgan fingerprint density at radius 2 is 1.68 bits per heavy atom. The summed E-state index contributed by atoms with van der Waals surface area (Å²) in [4.78, 5) is 0.135. The van der Waals surface area contributed by atoms with E-state index in [1.54, 1.807) is 0 Å². The van der Waals surface area contributed by atoms with Gasteiger partial charge in [0.05, 0.1) is 5.69 Å². The van der Waals surface area contributed by atoms with E-state index in [4.69, 9.17) is 11.6 Å². The van der Waals surface area contributed by atoms with E-state index in [9.17, 15) is 34.8 Å². The topological polar surface area (TPSA) is 67.2 Å². The Labute approximate surface area is 162 Å². The van der Waals surface area contributed by atoms with Gasteiger partial charge in [0.2, 0.25) is 16.1 Å². The summed E-state index contributed by atoms with van der Waals surface area (Å²) in [6, 6.07) is -3.52. The van der Waals surface area contributed by atoms with Crippen LogP contribution in [0.2, 0.25) is 5.15 Å². The Kier molecular flexibility index (Phi) is 6.63. The van der Waals surface area contributed by atoms with Crippen molar-refractivity contribution < 1.29 is 34.8 Å². The largest absolute Gasteiger partial charge is 0.412 e. The van der Waals surface area contributed by atoms with Crippen LogP contribution in [0.4, 0.5) is 26.3 Å². The van der Waals surface area contributed by atoms with E-state index in [2.05, 4.69) is 9.82 Å². The first-order valence-corrected chi connectivity index (χ1v) is 10.1. The van der Waals surface area contributed by atoms with Crippen LogP contribution in [0.1, 0.15) is 18.5 Å². The van der Waals surface area contributed by atoms with Crippen molar-refractivity contribution in [3.05, 3.63) is 10.8 Å². The van der Waals surface area contributed by atoms with Crippen LogP contribution < -0.4 is 4.72 Å². The van der Waals surface area contributed by atoms with Crippen molar-refractivity contribution in [3.8, 4) is 0 Å². The molecule has 0 saturated carbocycles. The van der Waals surface area contributed by atoms with Gasteiger partial charge in [0.15, 0.2) is 0 Å². The van der Waals surface area contributed by atoms with E-state index in [0.29, 0.717) is 4.90 Å². The third kappa shape index (κ3) is 5.10. The average molecular weight is 457 g/mol. The molecule has 6 nitrogen and oxygen atoms in total. The Hall–Kier alpha value is -1.05. The predicted molar refractivity (Wildman–Crippen MR) is 88.3 cm³/mol. The number of nitrogens with zero attached hydrogens (tertiary/aromatic N) is 3. The Morgan fingerprint density at radius 3 is 2.07 bits per heavy atom. The summed E-state index contributed by atoms with van der Waals surface area (Å²) in [6.45, 7) is 0.447. The van der Waals surface area contributed by atoms with Gasteiger partial charge in [-0.05, 0) is 38.8 Å². The van der Waals surface area contributed by atoms with Crippen molar-refractivity contribution in [2.45, 2.75) is 43.1 Å². The summed E-state index contributed by atoms with van der Waals surface area (Å²) in [5.41, 5.74) is 0.174. The van der Waals surface area contributed by atoms with Crippen LogP contribution in [0.25, 0.3) is 0 Å². The van der Waals surface area contributed by atoms with E-state index in [0.717, 1.165) is 0 Å². The summed E-state index contributed by atoms with van der Waals surface area (Å²) in [5.74, 6) is -0.399. The lowest BCUT2D eigenvalue weighted by Gasteiger charge is -2.38. The van der Waals surface area contributed by atoms with Crippen LogP contribution in [-0.2, 0) is 17.1 Å². The minimum atomic E-state index is -5.43. The number of likely N-dealkylation sites (tertiary alicyclic amines) is 1. The zero-order valence-electron chi connectivity index (χ0n) is 14.9. The highest BCUT2D eigenvalue weighted by Crippen LogP contribution is 2.38. The Bertz CT molecular complexity index is 786. The van der Waals surface area contributed by atoms with Gasteiger partial charge in [-0.3, -0.25) is 9.58 Å². The average Bonchev–Trinajstić information content (AvgIpc) is 2.77. The molecule has 1 aromatic rings. The van der Waals surface area contributed by atoms with E-state index in [1.807, 2.05) is 0 Å². The molecule has 2 rings (SSSR count). The second kappa shape index (κ2) is 8.00. The number of aryl methyl sites for hydroxylation is 2. The summed E-state index contributed by atoms with van der Waals surface area (Å²) >= 11 is 5.92. The molecule has 162 valence electrons. The van der Waals surface area contributed by atoms with Crippen LogP contribution in [0.15, 0.2) is 4.90 Å². The third-order valence-electron chi connectivity index (χ3n) is 4.57. The molecule has 1 aliphatic rings. The minimum absolute atomic E-state index is 0.00899. The predicted octanol–water partition coefficient (Wildman–Crippen LogP) is 2.87. The van der Waals surface area contributed by atoms with Crippen LogP contribution >= 0.6 is 11.6 Å². The van der Waals surface area contributed by atoms with Gasteiger partial charge in [0, 0.05) is 13.6 Å². The molecule has 0 amide bonds. The van der Waals surface area contributed by atoms with E-state index in [1.165, 1.54) is 18.7 Å². The standard InChI is InChI=1S/C14H19ClF6N4O2S/c1-8-10(11(15)24(2)23-8)28(26,27)22-7-9-3-5-25(6-4-9)12(13(16,17)18)14(19,20)21/h9,12,22H,3-7H2,1-2H3.